The molecule has 0 saturated carbocycles. The van der Waals surface area contributed by atoms with Crippen molar-refractivity contribution in [3.05, 3.63) is 20.3 Å². The molecular formula is C11H16IN3O2. The Labute approximate surface area is 113 Å². The minimum Gasteiger partial charge on any atom is -0.394 e. The summed E-state index contributed by atoms with van der Waals surface area (Å²) in [4.78, 5) is 20.5. The average molecular weight is 349 g/mol. The number of anilines is 1. The molecular weight excluding hydrogens is 333 g/mol. The molecule has 1 aromatic heterocycles. The molecule has 1 aliphatic rings. The van der Waals surface area contributed by atoms with Gasteiger partial charge in [-0.3, -0.25) is 4.79 Å². The van der Waals surface area contributed by atoms with E-state index in [0.717, 1.165) is 25.8 Å². The number of H-pyrrole nitrogens is 1. The van der Waals surface area contributed by atoms with Crippen LogP contribution in [0.3, 0.4) is 0 Å². The molecule has 0 aliphatic carbocycles. The summed E-state index contributed by atoms with van der Waals surface area (Å²) in [7, 11) is 0. The number of aliphatic hydroxyl groups excluding tert-OH is 1. The number of hydrogen-bond acceptors (Lipinski definition) is 4. The molecule has 0 radical (unpaired) electrons. The molecule has 94 valence electrons. The fourth-order valence-electron chi connectivity index (χ4n) is 2.22. The predicted molar refractivity (Wildman–Crippen MR) is 74.3 cm³/mol. The summed E-state index contributed by atoms with van der Waals surface area (Å²) in [5.41, 5.74) is -0.114. The Balaban J connectivity index is 2.35. The molecule has 17 heavy (non-hydrogen) atoms. The van der Waals surface area contributed by atoms with E-state index in [1.165, 1.54) is 12.7 Å². The van der Waals surface area contributed by atoms with Gasteiger partial charge in [0.15, 0.2) is 0 Å². The highest BCUT2D eigenvalue weighted by Crippen LogP contribution is 2.24. The van der Waals surface area contributed by atoms with Crippen molar-refractivity contribution < 1.29 is 5.11 Å². The first kappa shape index (κ1) is 12.8. The van der Waals surface area contributed by atoms with E-state index in [9.17, 15) is 9.90 Å². The molecule has 0 aromatic carbocycles. The first-order valence-corrected chi connectivity index (χ1v) is 6.92. The van der Waals surface area contributed by atoms with Crippen LogP contribution in [0, 0.1) is 3.57 Å². The lowest BCUT2D eigenvalue weighted by Gasteiger charge is -2.30. The first-order valence-electron chi connectivity index (χ1n) is 5.84. The van der Waals surface area contributed by atoms with Gasteiger partial charge in [0, 0.05) is 6.54 Å². The Morgan fingerprint density at radius 3 is 3.12 bits per heavy atom. The summed E-state index contributed by atoms with van der Waals surface area (Å²) in [6.45, 7) is 0.974. The lowest BCUT2D eigenvalue weighted by Crippen LogP contribution is -2.39. The van der Waals surface area contributed by atoms with Gasteiger partial charge in [-0.05, 0) is 35.4 Å². The summed E-state index contributed by atoms with van der Waals surface area (Å²) >= 11 is 2.02. The van der Waals surface area contributed by atoms with Crippen LogP contribution in [-0.4, -0.2) is 34.3 Å². The highest BCUT2D eigenvalue weighted by molar-refractivity contribution is 14.1. The van der Waals surface area contributed by atoms with Crippen LogP contribution in [0.4, 0.5) is 5.82 Å². The van der Waals surface area contributed by atoms with Gasteiger partial charge in [-0.15, -0.1) is 0 Å². The van der Waals surface area contributed by atoms with Gasteiger partial charge in [-0.25, -0.2) is 4.98 Å². The molecule has 1 aromatic rings. The molecule has 1 saturated heterocycles. The van der Waals surface area contributed by atoms with E-state index < -0.39 is 0 Å². The number of aromatic amines is 1. The normalized spacial score (nSPS) is 21.3. The molecule has 2 N–H and O–H groups in total. The molecule has 1 atom stereocenters. The molecule has 2 rings (SSSR count). The van der Waals surface area contributed by atoms with Gasteiger partial charge in [0.2, 0.25) is 0 Å². The second kappa shape index (κ2) is 5.81. The van der Waals surface area contributed by atoms with Crippen molar-refractivity contribution in [2.45, 2.75) is 31.7 Å². The van der Waals surface area contributed by atoms with Crippen molar-refractivity contribution in [3.8, 4) is 0 Å². The second-order valence-corrected chi connectivity index (χ2v) is 5.33. The summed E-state index contributed by atoms with van der Waals surface area (Å²) in [5.74, 6) is 0.704. The van der Waals surface area contributed by atoms with Gasteiger partial charge in [0.1, 0.15) is 9.39 Å². The summed E-state index contributed by atoms with van der Waals surface area (Å²) < 4.78 is 0.602. The smallest absolute Gasteiger partial charge is 0.266 e. The standard InChI is InChI=1S/C11H16IN3O2/c12-9-10(13-7-14-11(9)17)15-5-3-1-2-4-8(15)6-16/h7-8,16H,1-6H2,(H,13,14,17). The number of nitrogens with zero attached hydrogens (tertiary/aromatic N) is 2. The minimum absolute atomic E-state index is 0.0836. The van der Waals surface area contributed by atoms with E-state index in [1.807, 2.05) is 22.6 Å². The monoisotopic (exact) mass is 349 g/mol. The predicted octanol–water partition coefficient (Wildman–Crippen LogP) is 1.12. The van der Waals surface area contributed by atoms with Crippen LogP contribution in [0.25, 0.3) is 0 Å². The van der Waals surface area contributed by atoms with Crippen LogP contribution in [-0.2, 0) is 0 Å². The van der Waals surface area contributed by atoms with Gasteiger partial charge in [-0.2, -0.15) is 0 Å². The Hall–Kier alpha value is -0.630. The number of halogens is 1. The molecule has 1 aliphatic heterocycles. The summed E-state index contributed by atoms with van der Waals surface area (Å²) in [5, 5.41) is 9.45. The lowest BCUT2D eigenvalue weighted by molar-refractivity contribution is 0.254. The van der Waals surface area contributed by atoms with Crippen LogP contribution in [0.1, 0.15) is 25.7 Å². The Morgan fingerprint density at radius 1 is 1.53 bits per heavy atom. The highest BCUT2D eigenvalue weighted by atomic mass is 127. The SMILES string of the molecule is O=c1[nH]cnc(N2CCCCCC2CO)c1I. The number of hydrogen-bond donors (Lipinski definition) is 2. The second-order valence-electron chi connectivity index (χ2n) is 4.25. The van der Waals surface area contributed by atoms with Crippen LogP contribution < -0.4 is 10.5 Å². The van der Waals surface area contributed by atoms with Crippen LogP contribution in [0.2, 0.25) is 0 Å². The Morgan fingerprint density at radius 2 is 2.35 bits per heavy atom. The average Bonchev–Trinajstić information content (AvgIpc) is 2.57. The van der Waals surface area contributed by atoms with Gasteiger partial charge in [0.05, 0.1) is 19.0 Å². The van der Waals surface area contributed by atoms with E-state index in [0.29, 0.717) is 9.39 Å². The zero-order valence-corrected chi connectivity index (χ0v) is 11.7. The largest absolute Gasteiger partial charge is 0.394 e. The maximum Gasteiger partial charge on any atom is 0.266 e. The number of aliphatic hydroxyl groups is 1. The van der Waals surface area contributed by atoms with Gasteiger partial charge >= 0.3 is 0 Å². The summed E-state index contributed by atoms with van der Waals surface area (Å²) in [6, 6.07) is 0.0836. The van der Waals surface area contributed by atoms with Crippen molar-refractivity contribution >= 4 is 28.4 Å². The van der Waals surface area contributed by atoms with Gasteiger partial charge in [0.25, 0.3) is 5.56 Å². The molecule has 5 nitrogen and oxygen atoms in total. The van der Waals surface area contributed by atoms with Crippen molar-refractivity contribution in [2.75, 3.05) is 18.1 Å². The van der Waals surface area contributed by atoms with Crippen LogP contribution >= 0.6 is 22.6 Å². The Bertz CT molecular complexity index is 435. The fraction of sp³-hybridized carbons (Fsp3) is 0.636. The first-order chi connectivity index (χ1) is 8.24. The molecule has 1 unspecified atom stereocenters. The zero-order valence-electron chi connectivity index (χ0n) is 9.53. The maximum atomic E-state index is 11.6. The fourth-order valence-corrected chi connectivity index (χ4v) is 2.82. The third-order valence-electron chi connectivity index (χ3n) is 3.14. The third kappa shape index (κ3) is 2.79. The van der Waals surface area contributed by atoms with Crippen molar-refractivity contribution in [1.82, 2.24) is 9.97 Å². The minimum atomic E-state index is -0.114. The third-order valence-corrected chi connectivity index (χ3v) is 4.11. The molecule has 0 bridgehead atoms. The van der Waals surface area contributed by atoms with E-state index in [1.54, 1.807) is 0 Å². The van der Waals surface area contributed by atoms with Crippen LogP contribution in [0.15, 0.2) is 11.1 Å². The molecule has 2 heterocycles. The zero-order chi connectivity index (χ0) is 12.3. The van der Waals surface area contributed by atoms with E-state index >= 15 is 0 Å². The number of aromatic nitrogens is 2. The Kier molecular flexibility index (Phi) is 4.38. The molecule has 1 fully saturated rings. The topological polar surface area (TPSA) is 69.2 Å². The van der Waals surface area contributed by atoms with Gasteiger partial charge in [-0.1, -0.05) is 12.8 Å². The maximum absolute atomic E-state index is 11.6. The van der Waals surface area contributed by atoms with Crippen molar-refractivity contribution in [1.29, 1.82) is 0 Å². The summed E-state index contributed by atoms with van der Waals surface area (Å²) in [6.07, 6.45) is 5.77. The van der Waals surface area contributed by atoms with Crippen molar-refractivity contribution in [2.24, 2.45) is 0 Å². The quantitative estimate of drug-likeness (QED) is 0.785. The van der Waals surface area contributed by atoms with E-state index in [-0.39, 0.29) is 18.2 Å². The van der Waals surface area contributed by atoms with Crippen molar-refractivity contribution in [3.63, 3.8) is 0 Å². The van der Waals surface area contributed by atoms with E-state index in [2.05, 4.69) is 14.9 Å². The highest BCUT2D eigenvalue weighted by Gasteiger charge is 2.23. The van der Waals surface area contributed by atoms with E-state index in [4.69, 9.17) is 0 Å². The van der Waals surface area contributed by atoms with Crippen LogP contribution in [0.5, 0.6) is 0 Å². The number of nitrogens with one attached hydrogen (secondary N) is 1. The molecule has 0 amide bonds. The number of rotatable bonds is 2. The molecule has 0 spiro atoms. The molecule has 6 heteroatoms. The van der Waals surface area contributed by atoms with Gasteiger partial charge < -0.3 is 15.0 Å². The lowest BCUT2D eigenvalue weighted by atomic mass is 10.1.